The fourth-order valence-electron chi connectivity index (χ4n) is 2.41. The second kappa shape index (κ2) is 11.6. The predicted molar refractivity (Wildman–Crippen MR) is 122 cm³/mol. The lowest BCUT2D eigenvalue weighted by Crippen LogP contribution is -2.16. The van der Waals surface area contributed by atoms with Gasteiger partial charge in [0.1, 0.15) is 12.4 Å². The first-order valence-corrected chi connectivity index (χ1v) is 10.8. The number of thiophene rings is 1. The minimum absolute atomic E-state index is 0.170. The molecule has 0 aliphatic rings. The highest BCUT2D eigenvalue weighted by molar-refractivity contribution is 7.07. The molecule has 0 fully saturated rings. The normalized spacial score (nSPS) is 9.90. The third-order valence-electron chi connectivity index (χ3n) is 3.81. The van der Waals surface area contributed by atoms with Gasteiger partial charge in [-0.3, -0.25) is 4.79 Å². The van der Waals surface area contributed by atoms with Crippen molar-refractivity contribution in [3.05, 3.63) is 80.0 Å². The molecule has 1 heterocycles. The molecule has 30 heavy (non-hydrogen) atoms. The maximum Gasteiger partial charge on any atom is 0.340 e. The van der Waals surface area contributed by atoms with E-state index in [2.05, 4.69) is 5.32 Å². The van der Waals surface area contributed by atoms with E-state index in [0.717, 1.165) is 5.56 Å². The van der Waals surface area contributed by atoms with Crippen molar-refractivity contribution >= 4 is 52.1 Å². The van der Waals surface area contributed by atoms with Crippen LogP contribution in [0.5, 0.6) is 5.75 Å². The lowest BCUT2D eigenvalue weighted by atomic mass is 10.1. The summed E-state index contributed by atoms with van der Waals surface area (Å²) in [5, 5.41) is 7.24. The summed E-state index contributed by atoms with van der Waals surface area (Å²) in [5.41, 5.74) is 1.72. The number of hydrogen-bond acceptors (Lipinski definition) is 5. The second-order valence-electron chi connectivity index (χ2n) is 5.70. The molecule has 0 bridgehead atoms. The zero-order valence-corrected chi connectivity index (χ0v) is 19.0. The van der Waals surface area contributed by atoms with E-state index in [4.69, 9.17) is 32.7 Å². The van der Waals surface area contributed by atoms with Crippen LogP contribution in [0.3, 0.4) is 0 Å². The highest BCUT2D eigenvalue weighted by atomic mass is 35.5. The Morgan fingerprint density at radius 1 is 1.03 bits per heavy atom. The van der Waals surface area contributed by atoms with Gasteiger partial charge in [0.25, 0.3) is 5.91 Å². The van der Waals surface area contributed by atoms with Crippen molar-refractivity contribution in [1.82, 2.24) is 0 Å². The lowest BCUT2D eigenvalue weighted by Gasteiger charge is -2.13. The molecule has 0 saturated heterocycles. The third-order valence-corrected chi connectivity index (χ3v) is 5.09. The van der Waals surface area contributed by atoms with Crippen LogP contribution in [0, 0.1) is 0 Å². The van der Waals surface area contributed by atoms with Gasteiger partial charge < -0.3 is 14.8 Å². The van der Waals surface area contributed by atoms with E-state index in [1.54, 1.807) is 29.5 Å². The number of nitrogens with one attached hydrogen (secondary N) is 1. The molecule has 0 radical (unpaired) electrons. The van der Waals surface area contributed by atoms with Gasteiger partial charge in [0, 0.05) is 5.02 Å². The average Bonchev–Trinajstić information content (AvgIpc) is 3.27. The first-order chi connectivity index (χ1) is 14.5. The molecule has 0 atom stereocenters. The molecule has 0 spiro atoms. The number of esters is 1. The molecule has 3 rings (SSSR count). The number of ether oxygens (including phenoxy) is 2. The molecular weight excluding hydrogens is 445 g/mol. The largest absolute Gasteiger partial charge is 0.489 e. The van der Waals surface area contributed by atoms with Gasteiger partial charge in [0.2, 0.25) is 0 Å². The number of anilines is 1. The lowest BCUT2D eigenvalue weighted by molar-refractivity contribution is 0.0601. The van der Waals surface area contributed by atoms with E-state index >= 15 is 0 Å². The number of halogens is 2. The Balaban J connectivity index is 0.00000155. The van der Waals surface area contributed by atoms with E-state index in [0.29, 0.717) is 17.4 Å². The summed E-state index contributed by atoms with van der Waals surface area (Å²) in [4.78, 5) is 24.7. The van der Waals surface area contributed by atoms with Crippen LogP contribution in [0.4, 0.5) is 5.69 Å². The van der Waals surface area contributed by atoms with E-state index in [1.807, 2.05) is 30.7 Å². The highest BCUT2D eigenvalue weighted by Crippen LogP contribution is 2.26. The van der Waals surface area contributed by atoms with Gasteiger partial charge in [0.15, 0.2) is 0 Å². The molecule has 8 heteroatoms. The number of hydrogen-bond donors (Lipinski definition) is 1. The van der Waals surface area contributed by atoms with E-state index < -0.39 is 11.9 Å². The molecule has 1 N–H and O–H groups in total. The first-order valence-electron chi connectivity index (χ1n) is 9.10. The van der Waals surface area contributed by atoms with Crippen LogP contribution in [0.1, 0.15) is 40.1 Å². The topological polar surface area (TPSA) is 64.6 Å². The summed E-state index contributed by atoms with van der Waals surface area (Å²) in [5.74, 6) is -0.591. The number of methoxy groups -OCH3 is 1. The molecule has 1 aromatic heterocycles. The summed E-state index contributed by atoms with van der Waals surface area (Å²) in [6.45, 7) is 4.37. The zero-order valence-electron chi connectivity index (χ0n) is 16.7. The van der Waals surface area contributed by atoms with Crippen molar-refractivity contribution in [1.29, 1.82) is 0 Å². The fourth-order valence-corrected chi connectivity index (χ4v) is 3.55. The molecule has 3 aromatic rings. The van der Waals surface area contributed by atoms with Crippen LogP contribution >= 0.6 is 34.5 Å². The monoisotopic (exact) mass is 465 g/mol. The van der Waals surface area contributed by atoms with Gasteiger partial charge in [-0.1, -0.05) is 37.0 Å². The number of benzene rings is 2. The van der Waals surface area contributed by atoms with Crippen LogP contribution in [0.15, 0.2) is 53.2 Å². The van der Waals surface area contributed by atoms with Crippen LogP contribution < -0.4 is 10.1 Å². The summed E-state index contributed by atoms with van der Waals surface area (Å²) in [7, 11) is 1.27. The number of carbonyl (C=O) groups excluding carboxylic acids is 2. The standard InChI is InChI=1S/C20H15Cl2NO4S.C2H6/c1-26-20(25)16-9-14(27-10-12-6-7-28-11-12)3-5-18(16)23-19(24)15-4-2-13(21)8-17(15)22;1-2/h2-9,11H,10H2,1H3,(H,23,24);1-2H3. The quantitative estimate of drug-likeness (QED) is 0.411. The maximum absolute atomic E-state index is 12.6. The van der Waals surface area contributed by atoms with E-state index in [1.165, 1.54) is 25.3 Å². The Morgan fingerprint density at radius 2 is 1.80 bits per heavy atom. The van der Waals surface area contributed by atoms with Crippen LogP contribution in [0.2, 0.25) is 10.0 Å². The van der Waals surface area contributed by atoms with Gasteiger partial charge in [-0.15, -0.1) is 0 Å². The molecule has 0 aliphatic heterocycles. The van der Waals surface area contributed by atoms with E-state index in [9.17, 15) is 9.59 Å². The SMILES string of the molecule is CC.COC(=O)c1cc(OCc2ccsc2)ccc1NC(=O)c1ccc(Cl)cc1Cl. The Kier molecular flexibility index (Phi) is 9.17. The Hall–Kier alpha value is -2.54. The molecule has 5 nitrogen and oxygen atoms in total. The van der Waals surface area contributed by atoms with E-state index in [-0.39, 0.29) is 21.8 Å². The second-order valence-corrected chi connectivity index (χ2v) is 7.32. The maximum atomic E-state index is 12.6. The number of rotatable bonds is 6. The predicted octanol–water partition coefficient (Wildman–Crippen LogP) is 6.70. The minimum Gasteiger partial charge on any atom is -0.489 e. The third kappa shape index (κ3) is 6.23. The molecule has 158 valence electrons. The van der Waals surface area contributed by atoms with Crippen LogP contribution in [-0.2, 0) is 11.3 Å². The smallest absolute Gasteiger partial charge is 0.340 e. The summed E-state index contributed by atoms with van der Waals surface area (Å²) < 4.78 is 10.5. The Morgan fingerprint density at radius 3 is 2.43 bits per heavy atom. The summed E-state index contributed by atoms with van der Waals surface area (Å²) in [6.07, 6.45) is 0. The van der Waals surface area contributed by atoms with Gasteiger partial charge in [-0.25, -0.2) is 4.79 Å². The highest BCUT2D eigenvalue weighted by Gasteiger charge is 2.18. The fraction of sp³-hybridized carbons (Fsp3) is 0.182. The first kappa shape index (κ1) is 23.7. The van der Waals surface area contributed by atoms with Gasteiger partial charge in [-0.2, -0.15) is 11.3 Å². The Bertz CT molecular complexity index is 1010. The number of amides is 1. The molecule has 2 aromatic carbocycles. The summed E-state index contributed by atoms with van der Waals surface area (Å²) in [6, 6.07) is 11.3. The van der Waals surface area contributed by atoms with Crippen molar-refractivity contribution in [2.24, 2.45) is 0 Å². The molecular formula is C22H21Cl2NO4S. The molecule has 0 unspecified atom stereocenters. The van der Waals surface area contributed by atoms with Gasteiger partial charge >= 0.3 is 5.97 Å². The van der Waals surface area contributed by atoms with Crippen molar-refractivity contribution < 1.29 is 19.1 Å². The molecule has 0 aliphatic carbocycles. The van der Waals surface area contributed by atoms with Gasteiger partial charge in [0.05, 0.1) is 28.9 Å². The molecule has 1 amide bonds. The minimum atomic E-state index is -0.599. The average molecular weight is 466 g/mol. The van der Waals surface area contributed by atoms with Crippen molar-refractivity contribution in [3.63, 3.8) is 0 Å². The molecule has 0 saturated carbocycles. The van der Waals surface area contributed by atoms with Crippen molar-refractivity contribution in [2.75, 3.05) is 12.4 Å². The summed E-state index contributed by atoms with van der Waals surface area (Å²) >= 11 is 13.5. The van der Waals surface area contributed by atoms with Crippen LogP contribution in [0.25, 0.3) is 0 Å². The van der Waals surface area contributed by atoms with Gasteiger partial charge in [-0.05, 0) is 58.8 Å². The van der Waals surface area contributed by atoms with Crippen molar-refractivity contribution in [2.45, 2.75) is 20.5 Å². The Labute approximate surface area is 189 Å². The van der Waals surface area contributed by atoms with Crippen LogP contribution in [-0.4, -0.2) is 19.0 Å². The zero-order chi connectivity index (χ0) is 22.1. The number of carbonyl (C=O) groups is 2. The van der Waals surface area contributed by atoms with Crippen molar-refractivity contribution in [3.8, 4) is 5.75 Å².